The topological polar surface area (TPSA) is 33.3 Å². The summed E-state index contributed by atoms with van der Waals surface area (Å²) in [5, 5.41) is 6.94. The second-order valence-electron chi connectivity index (χ2n) is 4.47. The van der Waals surface area contributed by atoms with Crippen molar-refractivity contribution in [1.82, 2.24) is 10.6 Å². The lowest BCUT2D eigenvalue weighted by molar-refractivity contribution is 0.340. The molecule has 0 aromatic heterocycles. The van der Waals surface area contributed by atoms with Gasteiger partial charge < -0.3 is 15.4 Å². The molecule has 1 atom stereocenters. The number of nitrogens with one attached hydrogen (secondary N) is 2. The van der Waals surface area contributed by atoms with Crippen LogP contribution in [0.5, 0.6) is 5.75 Å². The molecule has 94 valence electrons. The molecule has 0 saturated carbocycles. The van der Waals surface area contributed by atoms with E-state index in [1.165, 1.54) is 12.0 Å². The molecule has 17 heavy (non-hydrogen) atoms. The first-order valence-corrected chi connectivity index (χ1v) is 6.54. The molecule has 1 heterocycles. The van der Waals surface area contributed by atoms with E-state index in [0.717, 1.165) is 38.4 Å². The Hall–Kier alpha value is -1.06. The van der Waals surface area contributed by atoms with E-state index in [-0.39, 0.29) is 0 Å². The second-order valence-corrected chi connectivity index (χ2v) is 4.47. The van der Waals surface area contributed by atoms with E-state index in [1.807, 2.05) is 6.92 Å². The molecule has 0 radical (unpaired) electrons. The number of hydrogen-bond donors (Lipinski definition) is 2. The van der Waals surface area contributed by atoms with Crippen LogP contribution in [-0.2, 0) is 6.42 Å². The van der Waals surface area contributed by atoms with E-state index in [2.05, 4.69) is 34.9 Å². The van der Waals surface area contributed by atoms with Crippen molar-refractivity contribution in [3.63, 3.8) is 0 Å². The van der Waals surface area contributed by atoms with Crippen LogP contribution in [0.2, 0.25) is 0 Å². The molecule has 3 heteroatoms. The lowest BCUT2D eigenvalue weighted by atomic mass is 10.1. The average Bonchev–Trinajstić information content (AvgIpc) is 2.85. The summed E-state index contributed by atoms with van der Waals surface area (Å²) in [6.07, 6.45) is 2.34. The Labute approximate surface area is 104 Å². The second kappa shape index (κ2) is 6.62. The zero-order valence-electron chi connectivity index (χ0n) is 10.5. The van der Waals surface area contributed by atoms with Crippen LogP contribution in [0.4, 0.5) is 0 Å². The molecular weight excluding hydrogens is 212 g/mol. The van der Waals surface area contributed by atoms with Crippen LogP contribution in [0.15, 0.2) is 24.3 Å². The third-order valence-electron chi connectivity index (χ3n) is 3.14. The highest BCUT2D eigenvalue weighted by Crippen LogP contribution is 2.12. The smallest absolute Gasteiger partial charge is 0.119 e. The van der Waals surface area contributed by atoms with Gasteiger partial charge in [-0.25, -0.2) is 0 Å². The van der Waals surface area contributed by atoms with Crippen LogP contribution in [0, 0.1) is 0 Å². The summed E-state index contributed by atoms with van der Waals surface area (Å²) in [7, 11) is 0. The summed E-state index contributed by atoms with van der Waals surface area (Å²) >= 11 is 0. The Morgan fingerprint density at radius 1 is 1.35 bits per heavy atom. The fourth-order valence-electron chi connectivity index (χ4n) is 2.17. The summed E-state index contributed by atoms with van der Waals surface area (Å²) in [5.74, 6) is 0.962. The standard InChI is InChI=1S/C14H22N2O/c1-2-17-14-5-3-12(4-6-14)7-10-16-13-8-9-15-11-13/h3-6,13,15-16H,2,7-11H2,1H3. The van der Waals surface area contributed by atoms with E-state index in [9.17, 15) is 0 Å². The first-order chi connectivity index (χ1) is 8.38. The number of ether oxygens (including phenoxy) is 1. The minimum atomic E-state index is 0.665. The van der Waals surface area contributed by atoms with Crippen LogP contribution in [0.1, 0.15) is 18.9 Å². The molecule has 0 spiro atoms. The third kappa shape index (κ3) is 4.02. The van der Waals surface area contributed by atoms with Crippen molar-refractivity contribution in [3.8, 4) is 5.75 Å². The van der Waals surface area contributed by atoms with Gasteiger partial charge in [-0.3, -0.25) is 0 Å². The van der Waals surface area contributed by atoms with Gasteiger partial charge >= 0.3 is 0 Å². The zero-order chi connectivity index (χ0) is 11.9. The quantitative estimate of drug-likeness (QED) is 0.784. The van der Waals surface area contributed by atoms with Crippen LogP contribution in [0.25, 0.3) is 0 Å². The first-order valence-electron chi connectivity index (χ1n) is 6.54. The van der Waals surface area contributed by atoms with E-state index < -0.39 is 0 Å². The minimum absolute atomic E-state index is 0.665. The fraction of sp³-hybridized carbons (Fsp3) is 0.571. The Bertz CT molecular complexity index is 317. The minimum Gasteiger partial charge on any atom is -0.494 e. The lowest BCUT2D eigenvalue weighted by Gasteiger charge is -2.11. The van der Waals surface area contributed by atoms with Crippen molar-refractivity contribution in [2.45, 2.75) is 25.8 Å². The molecule has 3 nitrogen and oxygen atoms in total. The summed E-state index contributed by atoms with van der Waals surface area (Å²) in [6, 6.07) is 9.07. The molecule has 1 aromatic rings. The molecule has 1 fully saturated rings. The largest absolute Gasteiger partial charge is 0.494 e. The van der Waals surface area contributed by atoms with Crippen molar-refractivity contribution in [2.75, 3.05) is 26.2 Å². The van der Waals surface area contributed by atoms with Crippen molar-refractivity contribution < 1.29 is 4.74 Å². The molecule has 0 bridgehead atoms. The first kappa shape index (κ1) is 12.4. The van der Waals surface area contributed by atoms with E-state index >= 15 is 0 Å². The van der Waals surface area contributed by atoms with Crippen molar-refractivity contribution in [3.05, 3.63) is 29.8 Å². The summed E-state index contributed by atoms with van der Waals surface area (Å²) in [4.78, 5) is 0. The van der Waals surface area contributed by atoms with Gasteiger partial charge in [0.05, 0.1) is 6.61 Å². The van der Waals surface area contributed by atoms with Gasteiger partial charge in [0.15, 0.2) is 0 Å². The number of hydrogen-bond acceptors (Lipinski definition) is 3. The molecule has 1 unspecified atom stereocenters. The molecule has 1 aromatic carbocycles. The molecule has 1 aliphatic heterocycles. The van der Waals surface area contributed by atoms with E-state index in [4.69, 9.17) is 4.74 Å². The van der Waals surface area contributed by atoms with E-state index in [1.54, 1.807) is 0 Å². The van der Waals surface area contributed by atoms with Crippen LogP contribution >= 0.6 is 0 Å². The fourth-order valence-corrected chi connectivity index (χ4v) is 2.17. The van der Waals surface area contributed by atoms with E-state index in [0.29, 0.717) is 6.04 Å². The van der Waals surface area contributed by atoms with Crippen LogP contribution in [-0.4, -0.2) is 32.3 Å². The molecule has 1 aliphatic rings. The SMILES string of the molecule is CCOc1ccc(CCNC2CCNC2)cc1. The molecule has 1 saturated heterocycles. The zero-order valence-corrected chi connectivity index (χ0v) is 10.5. The van der Waals surface area contributed by atoms with Crippen molar-refractivity contribution in [1.29, 1.82) is 0 Å². The normalized spacial score (nSPS) is 19.5. The van der Waals surface area contributed by atoms with Gasteiger partial charge in [0.2, 0.25) is 0 Å². The monoisotopic (exact) mass is 234 g/mol. The van der Waals surface area contributed by atoms with Gasteiger partial charge in [0.25, 0.3) is 0 Å². The Morgan fingerprint density at radius 3 is 2.82 bits per heavy atom. The molecule has 0 amide bonds. The van der Waals surface area contributed by atoms with Crippen LogP contribution < -0.4 is 15.4 Å². The predicted octanol–water partition coefficient (Wildman–Crippen LogP) is 1.58. The highest BCUT2D eigenvalue weighted by Gasteiger charge is 2.12. The molecule has 2 N–H and O–H groups in total. The maximum atomic E-state index is 5.42. The average molecular weight is 234 g/mol. The summed E-state index contributed by atoms with van der Waals surface area (Å²) in [6.45, 7) is 6.06. The highest BCUT2D eigenvalue weighted by molar-refractivity contribution is 5.27. The predicted molar refractivity (Wildman–Crippen MR) is 70.6 cm³/mol. The van der Waals surface area contributed by atoms with Gasteiger partial charge in [-0.15, -0.1) is 0 Å². The van der Waals surface area contributed by atoms with Crippen molar-refractivity contribution in [2.24, 2.45) is 0 Å². The third-order valence-corrected chi connectivity index (χ3v) is 3.14. The van der Waals surface area contributed by atoms with Gasteiger partial charge in [0.1, 0.15) is 5.75 Å². The Kier molecular flexibility index (Phi) is 4.83. The van der Waals surface area contributed by atoms with Gasteiger partial charge in [0, 0.05) is 12.6 Å². The number of benzene rings is 1. The summed E-state index contributed by atoms with van der Waals surface area (Å²) in [5.41, 5.74) is 1.37. The van der Waals surface area contributed by atoms with Crippen LogP contribution in [0.3, 0.4) is 0 Å². The van der Waals surface area contributed by atoms with Gasteiger partial charge in [-0.1, -0.05) is 12.1 Å². The molecule has 2 rings (SSSR count). The molecular formula is C14H22N2O. The number of rotatable bonds is 6. The lowest BCUT2D eigenvalue weighted by Crippen LogP contribution is -2.32. The Morgan fingerprint density at radius 2 is 2.18 bits per heavy atom. The Balaban J connectivity index is 1.70. The van der Waals surface area contributed by atoms with Crippen molar-refractivity contribution >= 4 is 0 Å². The van der Waals surface area contributed by atoms with Gasteiger partial charge in [-0.2, -0.15) is 0 Å². The maximum absolute atomic E-state index is 5.42. The maximum Gasteiger partial charge on any atom is 0.119 e. The highest BCUT2D eigenvalue weighted by atomic mass is 16.5. The van der Waals surface area contributed by atoms with Gasteiger partial charge in [-0.05, 0) is 50.6 Å². The molecule has 0 aliphatic carbocycles. The summed E-state index contributed by atoms with van der Waals surface area (Å²) < 4.78 is 5.42.